The minimum atomic E-state index is 0.197. The number of hydrogen-bond donors (Lipinski definition) is 1. The van der Waals surface area contributed by atoms with Gasteiger partial charge in [-0.3, -0.25) is 0 Å². The average Bonchev–Trinajstić information content (AvgIpc) is 2.76. The van der Waals surface area contributed by atoms with Crippen LogP contribution in [0.3, 0.4) is 0 Å². The van der Waals surface area contributed by atoms with Gasteiger partial charge in [0.2, 0.25) is 0 Å². The molecule has 0 bridgehead atoms. The van der Waals surface area contributed by atoms with Gasteiger partial charge >= 0.3 is 0 Å². The Balaban J connectivity index is 2.41. The fourth-order valence-corrected chi connectivity index (χ4v) is 3.76. The van der Waals surface area contributed by atoms with E-state index in [2.05, 4.69) is 57.8 Å². The maximum Gasteiger partial charge on any atom is 0.0682 e. The normalized spacial score (nSPS) is 12.7. The summed E-state index contributed by atoms with van der Waals surface area (Å²) in [5.41, 5.74) is 2.32. The summed E-state index contributed by atoms with van der Waals surface area (Å²) in [5.74, 6) is 0. The van der Waals surface area contributed by atoms with Gasteiger partial charge in [-0.2, -0.15) is 0 Å². The maximum atomic E-state index is 6.22. The van der Waals surface area contributed by atoms with Gasteiger partial charge < -0.3 is 5.32 Å². The van der Waals surface area contributed by atoms with Crippen LogP contribution in [0.1, 0.15) is 29.0 Å². The van der Waals surface area contributed by atoms with Crippen molar-refractivity contribution in [3.05, 3.63) is 55.1 Å². The maximum absolute atomic E-state index is 6.22. The molecule has 0 aliphatic carbocycles. The Hall–Kier alpha value is -0.350. The molecule has 1 aromatic carbocycles. The predicted molar refractivity (Wildman–Crippen MR) is 83.7 cm³/mol. The molecule has 0 radical (unpaired) electrons. The Morgan fingerprint density at radius 1 is 1.39 bits per heavy atom. The molecular formula is C14H15BrClNS. The lowest BCUT2D eigenvalue weighted by molar-refractivity contribution is 0.638. The molecule has 2 rings (SSSR count). The molecule has 0 saturated carbocycles. The summed E-state index contributed by atoms with van der Waals surface area (Å²) in [6.07, 6.45) is 0. The zero-order valence-corrected chi connectivity index (χ0v) is 13.5. The van der Waals surface area contributed by atoms with Crippen LogP contribution < -0.4 is 5.32 Å². The molecular weight excluding hydrogens is 330 g/mol. The fraction of sp³-hybridized carbons (Fsp3) is 0.286. The van der Waals surface area contributed by atoms with Crippen LogP contribution in [0.4, 0.5) is 0 Å². The lowest BCUT2D eigenvalue weighted by Crippen LogP contribution is -2.21. The standard InChI is InChI=1S/C14H15BrClNS/c1-3-17-13(14-11(15)6-7-18-14)10-5-4-9(2)12(16)8-10/h4-8,13,17H,3H2,1-2H3. The number of thiophene rings is 1. The van der Waals surface area contributed by atoms with Crippen LogP contribution in [-0.2, 0) is 0 Å². The van der Waals surface area contributed by atoms with E-state index in [0.29, 0.717) is 0 Å². The highest BCUT2D eigenvalue weighted by Gasteiger charge is 2.17. The summed E-state index contributed by atoms with van der Waals surface area (Å²) in [6.45, 7) is 5.06. The van der Waals surface area contributed by atoms with Gasteiger partial charge in [-0.05, 0) is 58.0 Å². The Morgan fingerprint density at radius 3 is 2.72 bits per heavy atom. The molecule has 1 heterocycles. The summed E-state index contributed by atoms with van der Waals surface area (Å²) in [5, 5.41) is 6.43. The highest BCUT2D eigenvalue weighted by Crippen LogP contribution is 2.34. The zero-order chi connectivity index (χ0) is 13.1. The molecule has 96 valence electrons. The van der Waals surface area contributed by atoms with Crippen LogP contribution in [-0.4, -0.2) is 6.54 Å². The van der Waals surface area contributed by atoms with E-state index in [4.69, 9.17) is 11.6 Å². The van der Waals surface area contributed by atoms with Gasteiger partial charge in [0.05, 0.1) is 6.04 Å². The van der Waals surface area contributed by atoms with E-state index in [-0.39, 0.29) is 6.04 Å². The van der Waals surface area contributed by atoms with Gasteiger partial charge in [0.1, 0.15) is 0 Å². The summed E-state index contributed by atoms with van der Waals surface area (Å²) in [6, 6.07) is 8.54. The Bertz CT molecular complexity index is 538. The topological polar surface area (TPSA) is 12.0 Å². The number of halogens is 2. The van der Waals surface area contributed by atoms with Crippen molar-refractivity contribution in [3.63, 3.8) is 0 Å². The van der Waals surface area contributed by atoms with Crippen LogP contribution in [0.2, 0.25) is 5.02 Å². The summed E-state index contributed by atoms with van der Waals surface area (Å²) >= 11 is 11.6. The molecule has 0 saturated heterocycles. The molecule has 0 aliphatic rings. The van der Waals surface area contributed by atoms with Gasteiger partial charge in [-0.1, -0.05) is 30.7 Å². The van der Waals surface area contributed by atoms with E-state index in [9.17, 15) is 0 Å². The van der Waals surface area contributed by atoms with Crippen LogP contribution in [0.25, 0.3) is 0 Å². The first-order valence-electron chi connectivity index (χ1n) is 5.85. The van der Waals surface area contributed by atoms with E-state index in [1.165, 1.54) is 10.4 Å². The minimum absolute atomic E-state index is 0.197. The zero-order valence-electron chi connectivity index (χ0n) is 10.3. The average molecular weight is 345 g/mol. The molecule has 1 aromatic heterocycles. The molecule has 18 heavy (non-hydrogen) atoms. The Kier molecular flexibility index (Phi) is 4.84. The molecule has 1 nitrogen and oxygen atoms in total. The molecule has 1 N–H and O–H groups in total. The van der Waals surface area contributed by atoms with Gasteiger partial charge in [0.25, 0.3) is 0 Å². The molecule has 2 aromatic rings. The third-order valence-corrected chi connectivity index (χ3v) is 5.19. The second-order valence-corrected chi connectivity index (χ2v) is 6.34. The summed E-state index contributed by atoms with van der Waals surface area (Å²) < 4.78 is 1.15. The van der Waals surface area contributed by atoms with Crippen molar-refractivity contribution in [2.24, 2.45) is 0 Å². The molecule has 1 atom stereocenters. The second kappa shape index (κ2) is 6.20. The molecule has 0 fully saturated rings. The quantitative estimate of drug-likeness (QED) is 0.806. The first-order valence-corrected chi connectivity index (χ1v) is 7.91. The summed E-state index contributed by atoms with van der Waals surface area (Å²) in [7, 11) is 0. The third-order valence-electron chi connectivity index (χ3n) is 2.84. The van der Waals surface area contributed by atoms with Crippen molar-refractivity contribution in [1.29, 1.82) is 0 Å². The fourth-order valence-electron chi connectivity index (χ4n) is 1.87. The van der Waals surface area contributed by atoms with Crippen LogP contribution in [0, 0.1) is 6.92 Å². The number of rotatable bonds is 4. The monoisotopic (exact) mass is 343 g/mol. The van der Waals surface area contributed by atoms with Crippen molar-refractivity contribution in [2.45, 2.75) is 19.9 Å². The highest BCUT2D eigenvalue weighted by molar-refractivity contribution is 9.10. The number of hydrogen-bond acceptors (Lipinski definition) is 2. The highest BCUT2D eigenvalue weighted by atomic mass is 79.9. The van der Waals surface area contributed by atoms with E-state index >= 15 is 0 Å². The Morgan fingerprint density at radius 2 is 2.17 bits per heavy atom. The minimum Gasteiger partial charge on any atom is -0.306 e. The van der Waals surface area contributed by atoms with E-state index in [1.54, 1.807) is 11.3 Å². The van der Waals surface area contributed by atoms with E-state index < -0.39 is 0 Å². The largest absolute Gasteiger partial charge is 0.306 e. The molecule has 0 amide bonds. The molecule has 1 unspecified atom stereocenters. The predicted octanol–water partition coefficient (Wildman–Crippen LogP) is 5.17. The van der Waals surface area contributed by atoms with Crippen LogP contribution in [0.5, 0.6) is 0 Å². The SMILES string of the molecule is CCNC(c1ccc(C)c(Cl)c1)c1sccc1Br. The lowest BCUT2D eigenvalue weighted by Gasteiger charge is -2.18. The van der Waals surface area contributed by atoms with Crippen molar-refractivity contribution in [2.75, 3.05) is 6.54 Å². The summed E-state index contributed by atoms with van der Waals surface area (Å²) in [4.78, 5) is 1.29. The van der Waals surface area contributed by atoms with Crippen molar-refractivity contribution in [3.8, 4) is 0 Å². The molecule has 0 spiro atoms. The van der Waals surface area contributed by atoms with Crippen molar-refractivity contribution < 1.29 is 0 Å². The van der Waals surface area contributed by atoms with Crippen LogP contribution in [0.15, 0.2) is 34.1 Å². The first kappa shape index (κ1) is 14.1. The molecule has 4 heteroatoms. The van der Waals surface area contributed by atoms with Gasteiger partial charge in [0, 0.05) is 14.4 Å². The number of nitrogens with one attached hydrogen (secondary N) is 1. The van der Waals surface area contributed by atoms with E-state index in [0.717, 1.165) is 21.6 Å². The van der Waals surface area contributed by atoms with Crippen molar-refractivity contribution in [1.82, 2.24) is 5.32 Å². The van der Waals surface area contributed by atoms with Gasteiger partial charge in [-0.15, -0.1) is 11.3 Å². The third kappa shape index (κ3) is 2.97. The number of benzene rings is 1. The Labute approximate surface area is 125 Å². The van der Waals surface area contributed by atoms with Gasteiger partial charge in [-0.25, -0.2) is 0 Å². The van der Waals surface area contributed by atoms with Gasteiger partial charge in [0.15, 0.2) is 0 Å². The lowest BCUT2D eigenvalue weighted by atomic mass is 10.0. The smallest absolute Gasteiger partial charge is 0.0682 e. The number of aryl methyl sites for hydroxylation is 1. The van der Waals surface area contributed by atoms with Crippen molar-refractivity contribution >= 4 is 38.9 Å². The van der Waals surface area contributed by atoms with Crippen LogP contribution >= 0.6 is 38.9 Å². The van der Waals surface area contributed by atoms with E-state index in [1.807, 2.05) is 6.92 Å². The second-order valence-electron chi connectivity index (χ2n) is 4.13. The molecule has 0 aliphatic heterocycles. The first-order chi connectivity index (χ1) is 8.63.